The molecule has 1 fully saturated rings. The van der Waals surface area contributed by atoms with Gasteiger partial charge >= 0.3 is 7.12 Å². The molecule has 398 valence electrons. The number of aromatic nitrogens is 2. The number of rotatable bonds is 6. The maximum Gasteiger partial charge on any atom is 0.494 e. The summed E-state index contributed by atoms with van der Waals surface area (Å²) in [6.07, 6.45) is 0. The van der Waals surface area contributed by atoms with E-state index < -0.39 is 0 Å². The summed E-state index contributed by atoms with van der Waals surface area (Å²) < 4.78 is 21.0. The lowest BCUT2D eigenvalue weighted by Crippen LogP contribution is -2.41. The predicted molar refractivity (Wildman–Crippen MR) is 363 cm³/mol. The number of hydrogen-bond acceptors (Lipinski definition) is 2. The zero-order chi connectivity index (χ0) is 56.1. The molecule has 3 heterocycles. The maximum absolute atomic E-state index is 6.34. The summed E-state index contributed by atoms with van der Waals surface area (Å²) in [5, 5.41) is 10.2. The third kappa shape index (κ3) is 10.3. The molecular weight excluding hydrogens is 1250 g/mol. The first-order chi connectivity index (χ1) is 39.9. The van der Waals surface area contributed by atoms with Gasteiger partial charge in [-0.1, -0.05) is 214 Å². The summed E-state index contributed by atoms with van der Waals surface area (Å²) in [5.41, 5.74) is 14.6. The van der Waals surface area contributed by atoms with Gasteiger partial charge in [-0.25, -0.2) is 0 Å². The second-order valence-corrected chi connectivity index (χ2v) is 25.0. The Balaban J connectivity index is 0.000000136. The van der Waals surface area contributed by atoms with Crippen LogP contribution in [0.25, 0.3) is 110 Å². The van der Waals surface area contributed by atoms with Gasteiger partial charge in [-0.2, -0.15) is 0 Å². The molecule has 0 atom stereocenters. The Bertz CT molecular complexity index is 4670. The van der Waals surface area contributed by atoms with Crippen LogP contribution in [0.2, 0.25) is 0 Å². The SMILES string of the molecule is Brc1cccc(-c2cccc(-c3ccc4c5c6ccccc6ccc5n(-c5ccccc5)c4c3)c2)c1.Brc1cccc(I)c1.CC1(C)OB(c2cccc(-c3ccc4c5c6ccccc6ccc5n(-c5ccccc5)c4c3)c2)OC1(C)C. The molecule has 0 amide bonds. The molecule has 82 heavy (non-hydrogen) atoms. The Kier molecular flexibility index (Phi) is 14.6. The van der Waals surface area contributed by atoms with Gasteiger partial charge in [0.05, 0.1) is 33.3 Å². The smallest absolute Gasteiger partial charge is 0.399 e. The molecule has 1 aliphatic heterocycles. The maximum atomic E-state index is 6.34. The standard InChI is InChI=1S/C34H30BNO2.C34H22BrN.C6H4BrI/c1-33(2)34(3,4)38-35(37-33)26-13-10-12-24(21-26)25-17-19-29-31(22-25)36(27-14-6-5-7-15-27)30-20-18-23-11-8-9-16-28(23)32(29)30;35-28-12-7-11-26(21-28)24-9-6-10-25(20-24)27-16-18-31-33(22-27)36(29-13-2-1-3-14-29)32-19-17-23-8-4-5-15-30(23)34(31)32;7-5-2-1-3-6(8)4-5/h5-22H,1-4H3;1-22H;1-4H. The number of halogens is 3. The van der Waals surface area contributed by atoms with Crippen LogP contribution in [-0.2, 0) is 9.31 Å². The molecule has 0 N–H and O–H groups in total. The first-order valence-electron chi connectivity index (χ1n) is 27.6. The van der Waals surface area contributed by atoms with Crippen molar-refractivity contribution < 1.29 is 9.31 Å². The van der Waals surface area contributed by atoms with E-state index in [4.69, 9.17) is 9.31 Å². The minimum atomic E-state index is -0.384. The number of nitrogens with zero attached hydrogens (tertiary/aromatic N) is 2. The van der Waals surface area contributed by atoms with Gasteiger partial charge in [-0.05, 0) is 196 Å². The molecule has 14 aromatic rings. The summed E-state index contributed by atoms with van der Waals surface area (Å²) in [7, 11) is -0.384. The number of hydrogen-bond donors (Lipinski definition) is 0. The Morgan fingerprint density at radius 3 is 1.23 bits per heavy atom. The molecule has 0 spiro atoms. The molecule has 0 radical (unpaired) electrons. The summed E-state index contributed by atoms with van der Waals surface area (Å²) in [6, 6.07) is 95.4. The van der Waals surface area contributed by atoms with Crippen molar-refractivity contribution in [3.63, 3.8) is 0 Å². The van der Waals surface area contributed by atoms with Crippen LogP contribution in [0.3, 0.4) is 0 Å². The first kappa shape index (κ1) is 53.7. The number of fused-ring (bicyclic) bond motifs is 10. The number of para-hydroxylation sites is 2. The third-order valence-electron chi connectivity index (χ3n) is 16.2. The summed E-state index contributed by atoms with van der Waals surface area (Å²) in [6.45, 7) is 8.38. The van der Waals surface area contributed by atoms with Gasteiger partial charge < -0.3 is 18.4 Å². The molecule has 0 bridgehead atoms. The van der Waals surface area contributed by atoms with Gasteiger partial charge in [-0.15, -0.1) is 0 Å². The molecule has 0 unspecified atom stereocenters. The number of benzene rings is 12. The van der Waals surface area contributed by atoms with Crippen LogP contribution in [-0.4, -0.2) is 27.5 Å². The molecule has 0 aliphatic carbocycles. The lowest BCUT2D eigenvalue weighted by atomic mass is 9.78. The second kappa shape index (κ2) is 22.3. The molecule has 1 saturated heterocycles. The Morgan fingerprint density at radius 2 is 0.756 bits per heavy atom. The van der Waals surface area contributed by atoms with Crippen molar-refractivity contribution >= 4 is 132 Å². The van der Waals surface area contributed by atoms with Crippen LogP contribution in [0.5, 0.6) is 0 Å². The van der Waals surface area contributed by atoms with Crippen LogP contribution < -0.4 is 5.46 Å². The quantitative estimate of drug-likeness (QED) is 0.123. The van der Waals surface area contributed by atoms with Gasteiger partial charge in [0, 0.05) is 45.4 Å². The van der Waals surface area contributed by atoms with E-state index in [0.29, 0.717) is 0 Å². The van der Waals surface area contributed by atoms with Crippen molar-refractivity contribution in [2.45, 2.75) is 38.9 Å². The fourth-order valence-corrected chi connectivity index (χ4v) is 13.3. The van der Waals surface area contributed by atoms with Gasteiger partial charge in [0.2, 0.25) is 0 Å². The van der Waals surface area contributed by atoms with E-state index in [1.165, 1.54) is 102 Å². The van der Waals surface area contributed by atoms with E-state index in [-0.39, 0.29) is 18.3 Å². The van der Waals surface area contributed by atoms with E-state index >= 15 is 0 Å². The van der Waals surface area contributed by atoms with Gasteiger partial charge in [0.15, 0.2) is 0 Å². The average molecular weight is 1300 g/mol. The molecule has 0 saturated carbocycles. The Morgan fingerprint density at radius 1 is 0.341 bits per heavy atom. The molecule has 1 aliphatic rings. The normalized spacial score (nSPS) is 13.6. The predicted octanol–water partition coefficient (Wildman–Crippen LogP) is 21.0. The van der Waals surface area contributed by atoms with Gasteiger partial charge in [0.25, 0.3) is 0 Å². The van der Waals surface area contributed by atoms with Crippen molar-refractivity contribution in [1.82, 2.24) is 9.13 Å². The second-order valence-electron chi connectivity index (χ2n) is 21.9. The molecule has 15 rings (SSSR count). The monoisotopic (exact) mass is 1300 g/mol. The molecule has 12 aromatic carbocycles. The Labute approximate surface area is 509 Å². The van der Waals surface area contributed by atoms with Crippen LogP contribution in [0, 0.1) is 3.57 Å². The van der Waals surface area contributed by atoms with Crippen LogP contribution in [0.4, 0.5) is 0 Å². The first-order valence-corrected chi connectivity index (χ1v) is 30.3. The van der Waals surface area contributed by atoms with E-state index in [0.717, 1.165) is 25.7 Å². The molecule has 4 nitrogen and oxygen atoms in total. The summed E-state index contributed by atoms with van der Waals surface area (Å²) in [4.78, 5) is 0. The van der Waals surface area contributed by atoms with Crippen molar-refractivity contribution in [2.24, 2.45) is 0 Å². The third-order valence-corrected chi connectivity index (χ3v) is 17.9. The Hall–Kier alpha value is -7.57. The molecular formula is C74H56BBr2IN2O2. The van der Waals surface area contributed by atoms with Crippen molar-refractivity contribution in [3.05, 3.63) is 279 Å². The lowest BCUT2D eigenvalue weighted by Gasteiger charge is -2.32. The van der Waals surface area contributed by atoms with Crippen molar-refractivity contribution in [1.29, 1.82) is 0 Å². The highest BCUT2D eigenvalue weighted by atomic mass is 127. The van der Waals surface area contributed by atoms with E-state index in [2.05, 4.69) is 346 Å². The topological polar surface area (TPSA) is 28.3 Å². The van der Waals surface area contributed by atoms with Crippen LogP contribution in [0.1, 0.15) is 27.7 Å². The summed E-state index contributed by atoms with van der Waals surface area (Å²) in [5.74, 6) is 0. The molecule has 8 heteroatoms. The van der Waals surface area contributed by atoms with Crippen LogP contribution in [0.15, 0.2) is 276 Å². The lowest BCUT2D eigenvalue weighted by molar-refractivity contribution is 0.00578. The van der Waals surface area contributed by atoms with E-state index in [9.17, 15) is 0 Å². The highest BCUT2D eigenvalue weighted by molar-refractivity contribution is 14.1. The fourth-order valence-electron chi connectivity index (χ4n) is 11.5. The molecule has 2 aromatic heterocycles. The fraction of sp³-hybridized carbons (Fsp3) is 0.0811. The largest absolute Gasteiger partial charge is 0.494 e. The minimum Gasteiger partial charge on any atom is -0.399 e. The summed E-state index contributed by atoms with van der Waals surface area (Å²) >= 11 is 9.24. The zero-order valence-electron chi connectivity index (χ0n) is 45.8. The van der Waals surface area contributed by atoms with Crippen molar-refractivity contribution in [2.75, 3.05) is 0 Å². The van der Waals surface area contributed by atoms with Gasteiger partial charge in [-0.3, -0.25) is 0 Å². The highest BCUT2D eigenvalue weighted by Gasteiger charge is 2.51. The van der Waals surface area contributed by atoms with Crippen molar-refractivity contribution in [3.8, 4) is 44.8 Å². The minimum absolute atomic E-state index is 0.369. The van der Waals surface area contributed by atoms with Gasteiger partial charge in [0.1, 0.15) is 0 Å². The highest BCUT2D eigenvalue weighted by Crippen LogP contribution is 2.42. The average Bonchev–Trinajstić information content (AvgIpc) is 3.01. The van der Waals surface area contributed by atoms with Crippen LogP contribution >= 0.6 is 54.5 Å². The zero-order valence-corrected chi connectivity index (χ0v) is 51.2. The van der Waals surface area contributed by atoms with E-state index in [1.807, 2.05) is 12.1 Å². The van der Waals surface area contributed by atoms with E-state index in [1.54, 1.807) is 0 Å².